The number of pyridine rings is 1. The molecule has 0 aliphatic heterocycles. The van der Waals surface area contributed by atoms with E-state index in [1.165, 1.54) is 11.1 Å². The molecule has 2 rings (SSSR count). The van der Waals surface area contributed by atoms with E-state index in [0.29, 0.717) is 30.5 Å². The van der Waals surface area contributed by atoms with Crippen molar-refractivity contribution < 1.29 is 4.79 Å². The summed E-state index contributed by atoms with van der Waals surface area (Å²) in [6.45, 7) is 14.2. The fourth-order valence-electron chi connectivity index (χ4n) is 3.16. The van der Waals surface area contributed by atoms with Crippen LogP contribution in [0.5, 0.6) is 0 Å². The Morgan fingerprint density at radius 1 is 1.04 bits per heavy atom. The molecule has 4 nitrogen and oxygen atoms in total. The largest absolute Gasteiger partial charge is 0.354 e. The molecule has 1 aromatic heterocycles. The summed E-state index contributed by atoms with van der Waals surface area (Å²) in [6.07, 6.45) is 3.42. The number of aromatic nitrogens is 1. The molecule has 140 valence electrons. The topological polar surface area (TPSA) is 45.2 Å². The summed E-state index contributed by atoms with van der Waals surface area (Å²) in [5, 5.41) is 3.54. The molecular weight excluding hydrogens is 322 g/mol. The minimum atomic E-state index is 0.0207. The van der Waals surface area contributed by atoms with E-state index < -0.39 is 0 Å². The lowest BCUT2D eigenvalue weighted by Gasteiger charge is -2.22. The zero-order chi connectivity index (χ0) is 19.3. The molecule has 0 aliphatic rings. The fourth-order valence-corrected chi connectivity index (χ4v) is 3.16. The predicted molar refractivity (Wildman–Crippen MR) is 109 cm³/mol. The van der Waals surface area contributed by atoms with Crippen molar-refractivity contribution in [2.24, 2.45) is 0 Å². The highest BCUT2D eigenvalue weighted by Crippen LogP contribution is 2.34. The fraction of sp³-hybridized carbons (Fsp3) is 0.455. The van der Waals surface area contributed by atoms with Crippen LogP contribution in [0.2, 0.25) is 0 Å². The van der Waals surface area contributed by atoms with Crippen LogP contribution in [0.25, 0.3) is 0 Å². The minimum Gasteiger partial charge on any atom is -0.354 e. The van der Waals surface area contributed by atoms with Crippen molar-refractivity contribution in [1.29, 1.82) is 0 Å². The number of rotatable bonds is 7. The van der Waals surface area contributed by atoms with Gasteiger partial charge in [-0.1, -0.05) is 45.9 Å². The van der Waals surface area contributed by atoms with Crippen molar-refractivity contribution in [3.05, 3.63) is 53.3 Å². The third kappa shape index (κ3) is 4.43. The summed E-state index contributed by atoms with van der Waals surface area (Å²) >= 11 is 0. The molecular formula is C22H31N3O. The van der Waals surface area contributed by atoms with Crippen molar-refractivity contribution in [1.82, 2.24) is 9.88 Å². The van der Waals surface area contributed by atoms with Gasteiger partial charge >= 0.3 is 0 Å². The molecule has 2 aromatic rings. The summed E-state index contributed by atoms with van der Waals surface area (Å²) in [5.41, 5.74) is 5.14. The van der Waals surface area contributed by atoms with Crippen LogP contribution >= 0.6 is 0 Å². The number of carbonyl (C=O) groups is 1. The van der Waals surface area contributed by atoms with Crippen LogP contribution < -0.4 is 5.32 Å². The zero-order valence-electron chi connectivity index (χ0n) is 16.8. The first-order chi connectivity index (χ1) is 12.4. The molecule has 0 saturated carbocycles. The maximum Gasteiger partial charge on any atom is 0.255 e. The van der Waals surface area contributed by atoms with Gasteiger partial charge in [0.1, 0.15) is 0 Å². The summed E-state index contributed by atoms with van der Waals surface area (Å²) < 4.78 is 0. The lowest BCUT2D eigenvalue weighted by molar-refractivity contribution is 0.0772. The Balaban J connectivity index is 2.41. The second-order valence-electron chi connectivity index (χ2n) is 7.19. The van der Waals surface area contributed by atoms with Gasteiger partial charge in [0.15, 0.2) is 0 Å². The van der Waals surface area contributed by atoms with Crippen LogP contribution in [-0.2, 0) is 0 Å². The minimum absolute atomic E-state index is 0.0207. The Kier molecular flexibility index (Phi) is 6.78. The van der Waals surface area contributed by atoms with E-state index in [2.05, 4.69) is 56.2 Å². The van der Waals surface area contributed by atoms with E-state index in [1.807, 2.05) is 24.8 Å². The van der Waals surface area contributed by atoms with Gasteiger partial charge < -0.3 is 10.2 Å². The summed E-state index contributed by atoms with van der Waals surface area (Å²) in [6, 6.07) is 8.34. The Labute approximate surface area is 157 Å². The third-order valence-corrected chi connectivity index (χ3v) is 4.68. The number of benzene rings is 1. The molecule has 0 unspecified atom stereocenters. The first-order valence-corrected chi connectivity index (χ1v) is 9.53. The van der Waals surface area contributed by atoms with Crippen LogP contribution in [0.4, 0.5) is 11.4 Å². The van der Waals surface area contributed by atoms with Gasteiger partial charge in [0.25, 0.3) is 5.91 Å². The molecule has 0 spiro atoms. The van der Waals surface area contributed by atoms with E-state index in [1.54, 1.807) is 12.4 Å². The Morgan fingerprint density at radius 3 is 2.12 bits per heavy atom. The zero-order valence-corrected chi connectivity index (χ0v) is 16.8. The van der Waals surface area contributed by atoms with Gasteiger partial charge in [0.05, 0.1) is 17.4 Å². The second-order valence-corrected chi connectivity index (χ2v) is 7.19. The van der Waals surface area contributed by atoms with Crippen molar-refractivity contribution in [3.8, 4) is 0 Å². The van der Waals surface area contributed by atoms with Crippen molar-refractivity contribution in [3.63, 3.8) is 0 Å². The number of nitrogens with one attached hydrogen (secondary N) is 1. The molecule has 1 heterocycles. The molecule has 1 aromatic carbocycles. The Hall–Kier alpha value is -2.36. The lowest BCUT2D eigenvalue weighted by Crippen LogP contribution is -2.30. The average Bonchev–Trinajstić information content (AvgIpc) is 2.62. The second kappa shape index (κ2) is 8.84. The quantitative estimate of drug-likeness (QED) is 0.709. The van der Waals surface area contributed by atoms with Gasteiger partial charge in [-0.25, -0.2) is 0 Å². The number of para-hydroxylation sites is 1. The van der Waals surface area contributed by atoms with Gasteiger partial charge in [-0.15, -0.1) is 0 Å². The molecule has 1 amide bonds. The molecule has 0 radical (unpaired) electrons. The van der Waals surface area contributed by atoms with Crippen LogP contribution in [0, 0.1) is 0 Å². The number of anilines is 2. The maximum absolute atomic E-state index is 12.6. The highest BCUT2D eigenvalue weighted by molar-refractivity contribution is 5.95. The summed E-state index contributed by atoms with van der Waals surface area (Å²) in [4.78, 5) is 18.7. The third-order valence-electron chi connectivity index (χ3n) is 4.68. The van der Waals surface area contributed by atoms with Crippen molar-refractivity contribution in [2.45, 2.75) is 53.4 Å². The van der Waals surface area contributed by atoms with Crippen LogP contribution in [0.15, 0.2) is 36.7 Å². The summed E-state index contributed by atoms with van der Waals surface area (Å²) in [7, 11) is 0. The molecule has 0 fully saturated rings. The normalized spacial score (nSPS) is 11.1. The first-order valence-electron chi connectivity index (χ1n) is 9.53. The van der Waals surface area contributed by atoms with Gasteiger partial charge in [0.2, 0.25) is 0 Å². The van der Waals surface area contributed by atoms with Crippen LogP contribution in [0.3, 0.4) is 0 Å². The van der Waals surface area contributed by atoms with Gasteiger partial charge in [-0.2, -0.15) is 0 Å². The van der Waals surface area contributed by atoms with E-state index in [-0.39, 0.29) is 5.91 Å². The highest BCUT2D eigenvalue weighted by atomic mass is 16.2. The molecule has 0 bridgehead atoms. The van der Waals surface area contributed by atoms with Crippen molar-refractivity contribution in [2.75, 3.05) is 18.4 Å². The molecule has 0 atom stereocenters. The van der Waals surface area contributed by atoms with Crippen LogP contribution in [-0.4, -0.2) is 28.9 Å². The lowest BCUT2D eigenvalue weighted by atomic mass is 9.92. The Morgan fingerprint density at radius 2 is 1.62 bits per heavy atom. The number of amides is 1. The number of hydrogen-bond donors (Lipinski definition) is 1. The number of carbonyl (C=O) groups excluding carboxylic acids is 1. The van der Waals surface area contributed by atoms with Gasteiger partial charge in [0, 0.05) is 25.0 Å². The molecule has 1 N–H and O–H groups in total. The Bertz CT molecular complexity index is 723. The maximum atomic E-state index is 12.6. The van der Waals surface area contributed by atoms with E-state index in [0.717, 1.165) is 11.4 Å². The predicted octanol–water partition coefficient (Wildman–Crippen LogP) is 5.55. The van der Waals surface area contributed by atoms with Crippen LogP contribution in [0.1, 0.15) is 74.9 Å². The average molecular weight is 354 g/mol. The highest BCUT2D eigenvalue weighted by Gasteiger charge is 2.16. The molecule has 26 heavy (non-hydrogen) atoms. The molecule has 4 heteroatoms. The summed E-state index contributed by atoms with van der Waals surface area (Å²) in [5.74, 6) is 0.835. The van der Waals surface area contributed by atoms with E-state index in [4.69, 9.17) is 0 Å². The first kappa shape index (κ1) is 20.0. The number of hydrogen-bond acceptors (Lipinski definition) is 3. The van der Waals surface area contributed by atoms with E-state index >= 15 is 0 Å². The van der Waals surface area contributed by atoms with Gasteiger partial charge in [-0.05, 0) is 42.9 Å². The molecule has 0 aliphatic carbocycles. The van der Waals surface area contributed by atoms with E-state index in [9.17, 15) is 4.79 Å². The SMILES string of the molecule is CCN(CC)C(=O)c1cncc(Nc2c(C(C)C)cccc2C(C)C)c1. The molecule has 0 saturated heterocycles. The smallest absolute Gasteiger partial charge is 0.255 e. The standard InChI is InChI=1S/C22H31N3O/c1-7-25(8-2)22(26)17-12-18(14-23-13-17)24-21-19(15(3)4)10-9-11-20(21)16(5)6/h9-16,24H,7-8H2,1-6H3. The monoisotopic (exact) mass is 353 g/mol. The van der Waals surface area contributed by atoms with Gasteiger partial charge in [-0.3, -0.25) is 9.78 Å². The van der Waals surface area contributed by atoms with Crippen molar-refractivity contribution >= 4 is 17.3 Å². The number of nitrogens with zero attached hydrogens (tertiary/aromatic N) is 2.